The zero-order valence-electron chi connectivity index (χ0n) is 10.4. The lowest BCUT2D eigenvalue weighted by atomic mass is 10.1. The quantitative estimate of drug-likeness (QED) is 0.819. The van der Waals surface area contributed by atoms with E-state index in [-0.39, 0.29) is 0 Å². The second kappa shape index (κ2) is 5.78. The Morgan fingerprint density at radius 1 is 1.11 bits per heavy atom. The topological polar surface area (TPSA) is 38.0 Å². The predicted molar refractivity (Wildman–Crippen MR) is 79.2 cm³/mol. The summed E-state index contributed by atoms with van der Waals surface area (Å²) >= 11 is 5.85. The number of aryl methyl sites for hydroxylation is 1. The molecule has 0 saturated heterocycles. The summed E-state index contributed by atoms with van der Waals surface area (Å²) in [5, 5.41) is 4.13. The number of hydrogen-bond acceptors (Lipinski definition) is 2. The van der Waals surface area contributed by atoms with Crippen molar-refractivity contribution in [2.24, 2.45) is 0 Å². The van der Waals surface area contributed by atoms with E-state index in [1.807, 2.05) is 36.4 Å². The largest absolute Gasteiger partial charge is 0.397 e. The van der Waals surface area contributed by atoms with Gasteiger partial charge in [0, 0.05) is 11.6 Å². The summed E-state index contributed by atoms with van der Waals surface area (Å²) in [7, 11) is 0. The highest BCUT2D eigenvalue weighted by atomic mass is 35.5. The fourth-order valence-electron chi connectivity index (χ4n) is 1.82. The smallest absolute Gasteiger partial charge is 0.0576 e. The van der Waals surface area contributed by atoms with Crippen LogP contribution in [-0.4, -0.2) is 6.54 Å². The first-order chi connectivity index (χ1) is 8.65. The highest BCUT2D eigenvalue weighted by Gasteiger charge is 1.99. The second-order valence-corrected chi connectivity index (χ2v) is 4.83. The molecule has 0 spiro atoms. The summed E-state index contributed by atoms with van der Waals surface area (Å²) in [4.78, 5) is 0. The Morgan fingerprint density at radius 3 is 2.56 bits per heavy atom. The third-order valence-electron chi connectivity index (χ3n) is 2.85. The number of nitrogens with one attached hydrogen (secondary N) is 1. The number of hydrogen-bond donors (Lipinski definition) is 2. The van der Waals surface area contributed by atoms with Crippen LogP contribution in [0.1, 0.15) is 11.1 Å². The summed E-state index contributed by atoms with van der Waals surface area (Å²) in [6.07, 6.45) is 0.949. The van der Waals surface area contributed by atoms with Gasteiger partial charge >= 0.3 is 0 Å². The zero-order valence-corrected chi connectivity index (χ0v) is 11.2. The van der Waals surface area contributed by atoms with E-state index in [0.29, 0.717) is 0 Å². The lowest BCUT2D eigenvalue weighted by Gasteiger charge is -2.10. The van der Waals surface area contributed by atoms with Gasteiger partial charge in [0.05, 0.1) is 11.4 Å². The first-order valence-electron chi connectivity index (χ1n) is 5.99. The fourth-order valence-corrected chi connectivity index (χ4v) is 1.94. The van der Waals surface area contributed by atoms with Crippen LogP contribution in [0.25, 0.3) is 0 Å². The van der Waals surface area contributed by atoms with Crippen molar-refractivity contribution in [3.8, 4) is 0 Å². The second-order valence-electron chi connectivity index (χ2n) is 4.39. The Balaban J connectivity index is 1.92. The van der Waals surface area contributed by atoms with Crippen LogP contribution in [0.4, 0.5) is 11.4 Å². The first kappa shape index (κ1) is 12.8. The Labute approximate surface area is 113 Å². The van der Waals surface area contributed by atoms with Crippen LogP contribution >= 0.6 is 11.6 Å². The van der Waals surface area contributed by atoms with Gasteiger partial charge in [0.15, 0.2) is 0 Å². The van der Waals surface area contributed by atoms with Crippen LogP contribution in [0, 0.1) is 6.92 Å². The number of nitrogens with two attached hydrogens (primary N) is 1. The molecule has 0 radical (unpaired) electrons. The maximum atomic E-state index is 5.91. The van der Waals surface area contributed by atoms with Crippen LogP contribution in [0.5, 0.6) is 0 Å². The lowest BCUT2D eigenvalue weighted by molar-refractivity contribution is 1.02. The van der Waals surface area contributed by atoms with E-state index in [9.17, 15) is 0 Å². The van der Waals surface area contributed by atoms with Crippen molar-refractivity contribution in [3.05, 3.63) is 58.6 Å². The molecule has 0 fully saturated rings. The van der Waals surface area contributed by atoms with Crippen molar-refractivity contribution in [2.75, 3.05) is 17.6 Å². The van der Waals surface area contributed by atoms with Crippen molar-refractivity contribution in [1.29, 1.82) is 0 Å². The third kappa shape index (κ3) is 3.41. The molecule has 0 amide bonds. The molecular formula is C15H17ClN2. The molecule has 0 aliphatic heterocycles. The van der Waals surface area contributed by atoms with E-state index >= 15 is 0 Å². The van der Waals surface area contributed by atoms with Crippen LogP contribution < -0.4 is 11.1 Å². The van der Waals surface area contributed by atoms with Gasteiger partial charge in [-0.2, -0.15) is 0 Å². The highest BCUT2D eigenvalue weighted by molar-refractivity contribution is 6.30. The SMILES string of the molecule is Cc1ccc(N)c(NCCc2ccc(Cl)cc2)c1. The molecular weight excluding hydrogens is 244 g/mol. The number of halogens is 1. The average molecular weight is 261 g/mol. The van der Waals surface area contributed by atoms with Gasteiger partial charge in [-0.3, -0.25) is 0 Å². The van der Waals surface area contributed by atoms with Gasteiger partial charge in [-0.25, -0.2) is 0 Å². The average Bonchev–Trinajstić information content (AvgIpc) is 2.36. The maximum absolute atomic E-state index is 5.91. The van der Waals surface area contributed by atoms with Gasteiger partial charge in [-0.05, 0) is 48.7 Å². The third-order valence-corrected chi connectivity index (χ3v) is 3.10. The number of rotatable bonds is 4. The molecule has 3 N–H and O–H groups in total. The Kier molecular flexibility index (Phi) is 4.11. The predicted octanol–water partition coefficient (Wildman–Crippen LogP) is 3.89. The van der Waals surface area contributed by atoms with Gasteiger partial charge in [-0.15, -0.1) is 0 Å². The van der Waals surface area contributed by atoms with Gasteiger partial charge in [0.1, 0.15) is 0 Å². The number of anilines is 2. The molecule has 0 aliphatic rings. The van der Waals surface area contributed by atoms with E-state index < -0.39 is 0 Å². The van der Waals surface area contributed by atoms with Crippen LogP contribution in [0.2, 0.25) is 5.02 Å². The molecule has 0 saturated carbocycles. The van der Waals surface area contributed by atoms with E-state index in [1.165, 1.54) is 11.1 Å². The van der Waals surface area contributed by atoms with Crippen LogP contribution in [0.15, 0.2) is 42.5 Å². The molecule has 2 nitrogen and oxygen atoms in total. The van der Waals surface area contributed by atoms with Gasteiger partial charge in [0.25, 0.3) is 0 Å². The molecule has 2 aromatic rings. The zero-order chi connectivity index (χ0) is 13.0. The Bertz CT molecular complexity index is 521. The molecule has 0 atom stereocenters. The summed E-state index contributed by atoms with van der Waals surface area (Å²) in [6.45, 7) is 2.92. The van der Waals surface area contributed by atoms with Crippen molar-refractivity contribution in [3.63, 3.8) is 0 Å². The highest BCUT2D eigenvalue weighted by Crippen LogP contribution is 2.19. The molecule has 0 heterocycles. The molecule has 0 bridgehead atoms. The molecule has 3 heteroatoms. The van der Waals surface area contributed by atoms with Crippen molar-refractivity contribution >= 4 is 23.0 Å². The fraction of sp³-hybridized carbons (Fsp3) is 0.200. The normalized spacial score (nSPS) is 10.3. The van der Waals surface area contributed by atoms with E-state index in [2.05, 4.69) is 18.3 Å². The minimum Gasteiger partial charge on any atom is -0.397 e. The minimum atomic E-state index is 0.773. The van der Waals surface area contributed by atoms with Crippen LogP contribution in [0.3, 0.4) is 0 Å². The first-order valence-corrected chi connectivity index (χ1v) is 6.37. The summed E-state index contributed by atoms with van der Waals surface area (Å²) in [6, 6.07) is 13.9. The standard InChI is InChI=1S/C15H17ClN2/c1-11-2-7-14(17)15(10-11)18-9-8-12-3-5-13(16)6-4-12/h2-7,10,18H,8-9,17H2,1H3. The van der Waals surface area contributed by atoms with E-state index in [4.69, 9.17) is 17.3 Å². The molecule has 2 aromatic carbocycles. The molecule has 18 heavy (non-hydrogen) atoms. The Hall–Kier alpha value is -1.67. The number of nitrogen functional groups attached to an aromatic ring is 1. The van der Waals surface area contributed by atoms with Gasteiger partial charge < -0.3 is 11.1 Å². The van der Waals surface area contributed by atoms with Gasteiger partial charge in [-0.1, -0.05) is 29.8 Å². The van der Waals surface area contributed by atoms with Crippen LogP contribution in [-0.2, 0) is 6.42 Å². The van der Waals surface area contributed by atoms with Crippen molar-refractivity contribution in [2.45, 2.75) is 13.3 Å². The molecule has 0 aliphatic carbocycles. The summed E-state index contributed by atoms with van der Waals surface area (Å²) in [5.74, 6) is 0. The van der Waals surface area contributed by atoms with Crippen molar-refractivity contribution in [1.82, 2.24) is 0 Å². The summed E-state index contributed by atoms with van der Waals surface area (Å²) < 4.78 is 0. The molecule has 0 unspecified atom stereocenters. The molecule has 2 rings (SSSR count). The van der Waals surface area contributed by atoms with Crippen molar-refractivity contribution < 1.29 is 0 Å². The molecule has 94 valence electrons. The minimum absolute atomic E-state index is 0.773. The Morgan fingerprint density at radius 2 is 1.83 bits per heavy atom. The maximum Gasteiger partial charge on any atom is 0.0576 e. The molecule has 0 aromatic heterocycles. The summed E-state index contributed by atoms with van der Waals surface area (Å²) in [5.41, 5.74) is 10.2. The van der Waals surface area contributed by atoms with E-state index in [1.54, 1.807) is 0 Å². The number of benzene rings is 2. The lowest BCUT2D eigenvalue weighted by Crippen LogP contribution is -2.07. The van der Waals surface area contributed by atoms with Gasteiger partial charge in [0.2, 0.25) is 0 Å². The monoisotopic (exact) mass is 260 g/mol. The van der Waals surface area contributed by atoms with E-state index in [0.717, 1.165) is 29.4 Å².